The van der Waals surface area contributed by atoms with Crippen molar-refractivity contribution in [3.05, 3.63) is 81.4 Å². The topological polar surface area (TPSA) is 114 Å². The van der Waals surface area contributed by atoms with Crippen LogP contribution in [-0.2, 0) is 4.79 Å². The van der Waals surface area contributed by atoms with Crippen LogP contribution in [0.5, 0.6) is 0 Å². The Labute approximate surface area is 176 Å². The number of amides is 2. The van der Waals surface area contributed by atoms with Gasteiger partial charge in [-0.15, -0.1) is 0 Å². The van der Waals surface area contributed by atoms with Crippen molar-refractivity contribution in [1.82, 2.24) is 5.43 Å². The second-order valence-electron chi connectivity index (χ2n) is 6.50. The molecule has 8 nitrogen and oxygen atoms in total. The molecule has 0 saturated heterocycles. The minimum absolute atomic E-state index is 0.0197. The summed E-state index contributed by atoms with van der Waals surface area (Å²) < 4.78 is 0. The van der Waals surface area contributed by atoms with Crippen LogP contribution in [0.2, 0.25) is 5.02 Å². The smallest absolute Gasteiger partial charge is 0.287 e. The van der Waals surface area contributed by atoms with E-state index in [1.165, 1.54) is 12.1 Å². The molecule has 0 fully saturated rings. The Kier molecular flexibility index (Phi) is 6.38. The van der Waals surface area contributed by atoms with Gasteiger partial charge in [0.1, 0.15) is 5.02 Å². The van der Waals surface area contributed by atoms with Crippen LogP contribution in [0.3, 0.4) is 0 Å². The summed E-state index contributed by atoms with van der Waals surface area (Å²) in [5, 5.41) is 19.4. The molecule has 2 N–H and O–H groups in total. The molecule has 0 aromatic heterocycles. The molecule has 9 heteroatoms. The van der Waals surface area contributed by atoms with E-state index in [1.807, 2.05) is 42.5 Å². The van der Waals surface area contributed by atoms with Crippen LogP contribution in [0.1, 0.15) is 23.7 Å². The summed E-state index contributed by atoms with van der Waals surface area (Å²) in [6.07, 6.45) is -0.0197. The van der Waals surface area contributed by atoms with Crippen molar-refractivity contribution in [2.24, 2.45) is 5.10 Å². The van der Waals surface area contributed by atoms with Gasteiger partial charge < -0.3 is 5.32 Å². The summed E-state index contributed by atoms with van der Waals surface area (Å²) in [5.74, 6) is -0.875. The molecule has 152 valence electrons. The van der Waals surface area contributed by atoms with E-state index in [-0.39, 0.29) is 28.6 Å². The van der Waals surface area contributed by atoms with E-state index in [1.54, 1.807) is 6.92 Å². The highest BCUT2D eigenvalue weighted by Gasteiger charge is 2.15. The lowest BCUT2D eigenvalue weighted by atomic mass is 10.1. The Hall–Kier alpha value is -3.78. The van der Waals surface area contributed by atoms with E-state index in [9.17, 15) is 19.7 Å². The third kappa shape index (κ3) is 5.18. The lowest BCUT2D eigenvalue weighted by Crippen LogP contribution is -2.21. The van der Waals surface area contributed by atoms with Crippen LogP contribution < -0.4 is 10.7 Å². The van der Waals surface area contributed by atoms with E-state index < -0.39 is 10.8 Å². The summed E-state index contributed by atoms with van der Waals surface area (Å²) in [4.78, 5) is 34.5. The largest absolute Gasteiger partial charge is 0.326 e. The van der Waals surface area contributed by atoms with Crippen molar-refractivity contribution in [3.8, 4) is 0 Å². The van der Waals surface area contributed by atoms with Crippen LogP contribution >= 0.6 is 11.6 Å². The number of nitro benzene ring substituents is 1. The molecule has 0 aliphatic carbocycles. The monoisotopic (exact) mass is 424 g/mol. The highest BCUT2D eigenvalue weighted by molar-refractivity contribution is 6.33. The van der Waals surface area contributed by atoms with Crippen molar-refractivity contribution in [3.63, 3.8) is 0 Å². The van der Waals surface area contributed by atoms with Crippen molar-refractivity contribution in [2.75, 3.05) is 5.32 Å². The number of hydrogen-bond acceptors (Lipinski definition) is 5. The molecular weight excluding hydrogens is 408 g/mol. The number of anilines is 1. The average Bonchev–Trinajstić information content (AvgIpc) is 2.71. The lowest BCUT2D eigenvalue weighted by molar-refractivity contribution is -0.384. The maximum Gasteiger partial charge on any atom is 0.287 e. The fourth-order valence-corrected chi connectivity index (χ4v) is 3.00. The predicted octanol–water partition coefficient (Wildman–Crippen LogP) is 4.54. The first kappa shape index (κ1) is 20.9. The number of carbonyl (C=O) groups excluding carboxylic acids is 2. The third-order valence-corrected chi connectivity index (χ3v) is 4.51. The Morgan fingerprint density at radius 2 is 1.80 bits per heavy atom. The van der Waals surface area contributed by atoms with E-state index >= 15 is 0 Å². The molecule has 0 spiro atoms. The molecule has 0 radical (unpaired) electrons. The first-order chi connectivity index (χ1) is 14.3. The van der Waals surface area contributed by atoms with Gasteiger partial charge in [-0.2, -0.15) is 5.10 Å². The van der Waals surface area contributed by atoms with Gasteiger partial charge in [0, 0.05) is 23.0 Å². The zero-order valence-corrected chi connectivity index (χ0v) is 16.6. The van der Waals surface area contributed by atoms with Gasteiger partial charge in [-0.25, -0.2) is 5.43 Å². The van der Waals surface area contributed by atoms with E-state index in [0.717, 1.165) is 16.8 Å². The summed E-state index contributed by atoms with van der Waals surface area (Å²) in [6, 6.07) is 17.0. The molecule has 0 heterocycles. The van der Waals surface area contributed by atoms with E-state index in [0.29, 0.717) is 11.4 Å². The van der Waals surface area contributed by atoms with Gasteiger partial charge >= 0.3 is 0 Å². The first-order valence-electron chi connectivity index (χ1n) is 8.89. The number of hydrogen-bond donors (Lipinski definition) is 2. The van der Waals surface area contributed by atoms with Crippen LogP contribution in [-0.4, -0.2) is 22.4 Å². The number of benzene rings is 3. The number of rotatable bonds is 6. The summed E-state index contributed by atoms with van der Waals surface area (Å²) in [6.45, 7) is 1.60. The lowest BCUT2D eigenvalue weighted by Gasteiger charge is -2.07. The van der Waals surface area contributed by atoms with Crippen LogP contribution in [0.25, 0.3) is 10.8 Å². The number of nitro groups is 1. The fourth-order valence-electron chi connectivity index (χ4n) is 2.75. The van der Waals surface area contributed by atoms with Crippen molar-refractivity contribution < 1.29 is 14.5 Å². The zero-order valence-electron chi connectivity index (χ0n) is 15.9. The first-order valence-corrected chi connectivity index (χ1v) is 9.27. The second kappa shape index (κ2) is 9.15. The van der Waals surface area contributed by atoms with E-state index in [4.69, 9.17) is 11.6 Å². The number of fused-ring (bicyclic) bond motifs is 1. The number of nitrogens with one attached hydrogen (secondary N) is 2. The van der Waals surface area contributed by atoms with Gasteiger partial charge in [-0.1, -0.05) is 41.9 Å². The molecule has 0 aliphatic rings. The van der Waals surface area contributed by atoms with Gasteiger partial charge in [0.25, 0.3) is 11.6 Å². The van der Waals surface area contributed by atoms with Gasteiger partial charge in [0.05, 0.1) is 11.3 Å². The third-order valence-electron chi connectivity index (χ3n) is 4.20. The predicted molar refractivity (Wildman–Crippen MR) is 116 cm³/mol. The molecule has 0 saturated carbocycles. The Morgan fingerprint density at radius 3 is 2.50 bits per heavy atom. The second-order valence-corrected chi connectivity index (χ2v) is 6.91. The minimum atomic E-state index is -0.638. The molecule has 3 rings (SSSR count). The number of hydrazone groups is 1. The Balaban J connectivity index is 1.58. The molecule has 0 unspecified atom stereocenters. The molecule has 3 aromatic rings. The maximum atomic E-state index is 12.2. The molecule has 2 amide bonds. The van der Waals surface area contributed by atoms with Crippen LogP contribution in [0.15, 0.2) is 65.8 Å². The van der Waals surface area contributed by atoms with E-state index in [2.05, 4.69) is 15.8 Å². The minimum Gasteiger partial charge on any atom is -0.326 e. The highest BCUT2D eigenvalue weighted by atomic mass is 35.5. The molecular formula is C21H17ClN4O4. The summed E-state index contributed by atoms with van der Waals surface area (Å²) in [7, 11) is 0. The molecule has 0 bridgehead atoms. The Morgan fingerprint density at radius 1 is 1.07 bits per heavy atom. The average molecular weight is 425 g/mol. The van der Waals surface area contributed by atoms with Gasteiger partial charge in [-0.05, 0) is 42.0 Å². The maximum absolute atomic E-state index is 12.2. The normalized spacial score (nSPS) is 11.2. The summed E-state index contributed by atoms with van der Waals surface area (Å²) in [5.41, 5.74) is 3.18. The van der Waals surface area contributed by atoms with Crippen molar-refractivity contribution in [1.29, 1.82) is 0 Å². The quantitative estimate of drug-likeness (QED) is 0.343. The van der Waals surface area contributed by atoms with Gasteiger partial charge in [0.2, 0.25) is 5.91 Å². The molecule has 30 heavy (non-hydrogen) atoms. The molecule has 0 aliphatic heterocycles. The molecule has 3 aromatic carbocycles. The van der Waals surface area contributed by atoms with Crippen LogP contribution in [0.4, 0.5) is 11.4 Å². The van der Waals surface area contributed by atoms with Gasteiger partial charge in [0.15, 0.2) is 0 Å². The Bertz CT molecular complexity index is 1180. The van der Waals surface area contributed by atoms with Crippen molar-refractivity contribution in [2.45, 2.75) is 13.3 Å². The highest BCUT2D eigenvalue weighted by Crippen LogP contribution is 2.25. The SMILES string of the molecule is C/C(CC(=O)Nc1ccc2ccccc2c1)=N/NC(=O)c1ccc([N+](=O)[O-])c(Cl)c1. The number of carbonyl (C=O) groups is 2. The molecule has 0 atom stereocenters. The fraction of sp³-hybridized carbons (Fsp3) is 0.0952. The van der Waals surface area contributed by atoms with Crippen LogP contribution in [0, 0.1) is 10.1 Å². The van der Waals surface area contributed by atoms with Gasteiger partial charge in [-0.3, -0.25) is 19.7 Å². The number of nitrogens with zero attached hydrogens (tertiary/aromatic N) is 2. The number of halogens is 1. The van der Waals surface area contributed by atoms with Crippen molar-refractivity contribution >= 4 is 51.3 Å². The summed E-state index contributed by atoms with van der Waals surface area (Å²) >= 11 is 5.80. The zero-order chi connectivity index (χ0) is 21.7. The standard InChI is InChI=1S/C21H17ClN4O4/c1-13(24-25-21(28)16-7-9-19(26(29)30)18(22)12-16)10-20(27)23-17-8-6-14-4-2-3-5-15(14)11-17/h2-9,11-12H,10H2,1H3,(H,23,27)(H,25,28)/b24-13-.